The van der Waals surface area contributed by atoms with Crippen molar-refractivity contribution in [1.82, 2.24) is 0 Å². The van der Waals surface area contributed by atoms with Crippen molar-refractivity contribution >= 4 is 17.4 Å². The van der Waals surface area contributed by atoms with E-state index >= 15 is 0 Å². The van der Waals surface area contributed by atoms with Crippen LogP contribution in [0.5, 0.6) is 0 Å². The van der Waals surface area contributed by atoms with E-state index in [1.54, 1.807) is 0 Å². The van der Waals surface area contributed by atoms with Crippen molar-refractivity contribution in [1.29, 1.82) is 0 Å². The second kappa shape index (κ2) is 2.48. The summed E-state index contributed by atoms with van der Waals surface area (Å²) in [5, 5.41) is -0.0325. The lowest BCUT2D eigenvalue weighted by Gasteiger charge is -2.50. The second-order valence-electron chi connectivity index (χ2n) is 4.32. The van der Waals surface area contributed by atoms with Gasteiger partial charge in [-0.05, 0) is 26.3 Å². The largest absolute Gasteiger partial charge is 0.298 e. The third-order valence-corrected chi connectivity index (χ3v) is 3.91. The zero-order chi connectivity index (χ0) is 9.80. The van der Waals surface area contributed by atoms with E-state index in [9.17, 15) is 4.79 Å². The van der Waals surface area contributed by atoms with Gasteiger partial charge in [0, 0.05) is 0 Å². The molecule has 3 aliphatic rings. The Bertz CT molecular complexity index is 336. The van der Waals surface area contributed by atoms with Crippen molar-refractivity contribution < 1.29 is 4.79 Å². The van der Waals surface area contributed by atoms with E-state index in [0.717, 1.165) is 5.57 Å². The monoisotopic (exact) mass is 196 g/mol. The Morgan fingerprint density at radius 1 is 1.54 bits per heavy atom. The van der Waals surface area contributed by atoms with Crippen LogP contribution in [-0.4, -0.2) is 11.2 Å². The van der Waals surface area contributed by atoms with Gasteiger partial charge in [-0.1, -0.05) is 17.7 Å². The van der Waals surface area contributed by atoms with Crippen LogP contribution in [0.3, 0.4) is 0 Å². The van der Waals surface area contributed by atoms with Crippen molar-refractivity contribution in [2.24, 2.45) is 11.3 Å². The molecule has 3 unspecified atom stereocenters. The molecule has 0 spiro atoms. The fourth-order valence-electron chi connectivity index (χ4n) is 2.17. The average molecular weight is 197 g/mol. The third kappa shape index (κ3) is 0.912. The topological polar surface area (TPSA) is 17.1 Å². The lowest BCUT2D eigenvalue weighted by Crippen LogP contribution is -2.59. The van der Waals surface area contributed by atoms with Crippen molar-refractivity contribution in [3.8, 4) is 0 Å². The summed E-state index contributed by atoms with van der Waals surface area (Å²) in [6, 6.07) is 0. The van der Waals surface area contributed by atoms with E-state index < -0.39 is 0 Å². The first-order valence-electron chi connectivity index (χ1n) is 4.53. The lowest BCUT2D eigenvalue weighted by molar-refractivity contribution is -0.138. The molecule has 0 radical (unpaired) electrons. The maximum absolute atomic E-state index is 11.7. The molecule has 0 N–H and O–H groups in total. The first-order chi connectivity index (χ1) is 5.98. The van der Waals surface area contributed by atoms with Gasteiger partial charge in [-0.2, -0.15) is 0 Å². The number of halogens is 1. The highest BCUT2D eigenvalue weighted by atomic mass is 35.5. The quantitative estimate of drug-likeness (QED) is 0.545. The minimum absolute atomic E-state index is 0.0325. The molecule has 13 heavy (non-hydrogen) atoms. The molecule has 1 saturated carbocycles. The molecular weight excluding hydrogens is 184 g/mol. The van der Waals surface area contributed by atoms with Crippen LogP contribution < -0.4 is 0 Å². The Balaban J connectivity index is 2.51. The van der Waals surface area contributed by atoms with Gasteiger partial charge < -0.3 is 0 Å². The fraction of sp³-hybridized carbons (Fsp3) is 0.545. The molecule has 3 aliphatic carbocycles. The summed E-state index contributed by atoms with van der Waals surface area (Å²) in [6.45, 7) is 5.97. The summed E-state index contributed by atoms with van der Waals surface area (Å²) in [6.07, 6.45) is 4.01. The van der Waals surface area contributed by atoms with Crippen molar-refractivity contribution in [3.05, 3.63) is 23.3 Å². The SMILES string of the molecule is CC(C)=C1C=CC2(C)C(=O)C1C2Cl. The molecule has 0 aliphatic heterocycles. The Hall–Kier alpha value is -0.560. The molecule has 0 aromatic rings. The van der Waals surface area contributed by atoms with Gasteiger partial charge >= 0.3 is 0 Å². The highest BCUT2D eigenvalue weighted by Gasteiger charge is 2.59. The Kier molecular flexibility index (Phi) is 1.72. The number of hydrogen-bond acceptors (Lipinski definition) is 1. The molecule has 2 bridgehead atoms. The Morgan fingerprint density at radius 2 is 2.15 bits per heavy atom. The van der Waals surface area contributed by atoms with Crippen LogP contribution in [0.15, 0.2) is 23.3 Å². The minimum atomic E-state index is -0.384. The molecule has 3 rings (SSSR count). The summed E-state index contributed by atoms with van der Waals surface area (Å²) in [5.41, 5.74) is 1.93. The van der Waals surface area contributed by atoms with E-state index in [1.165, 1.54) is 5.57 Å². The number of hydrogen-bond donors (Lipinski definition) is 0. The van der Waals surface area contributed by atoms with E-state index in [2.05, 4.69) is 6.08 Å². The molecule has 1 nitrogen and oxygen atoms in total. The zero-order valence-electron chi connectivity index (χ0n) is 8.10. The van der Waals surface area contributed by atoms with Crippen LogP contribution in [-0.2, 0) is 4.79 Å². The molecular formula is C11H13ClO. The highest BCUT2D eigenvalue weighted by molar-refractivity contribution is 6.29. The molecule has 3 atom stereocenters. The molecule has 0 amide bonds. The first-order valence-corrected chi connectivity index (χ1v) is 4.97. The third-order valence-electron chi connectivity index (χ3n) is 3.20. The van der Waals surface area contributed by atoms with Gasteiger partial charge in [0.15, 0.2) is 5.78 Å². The molecule has 2 heteroatoms. The number of rotatable bonds is 0. The highest BCUT2D eigenvalue weighted by Crippen LogP contribution is 2.54. The van der Waals surface area contributed by atoms with Gasteiger partial charge in [0.25, 0.3) is 0 Å². The summed E-state index contributed by atoms with van der Waals surface area (Å²) in [5.74, 6) is 0.243. The van der Waals surface area contributed by atoms with E-state index in [1.807, 2.05) is 26.8 Å². The number of Topliss-reactive ketones (excluding diaryl/α,β-unsaturated/α-hetero) is 1. The smallest absolute Gasteiger partial charge is 0.152 e. The van der Waals surface area contributed by atoms with E-state index in [-0.39, 0.29) is 22.5 Å². The number of allylic oxidation sites excluding steroid dienone is 4. The predicted octanol–water partition coefficient (Wildman–Crippen LogP) is 2.71. The van der Waals surface area contributed by atoms with E-state index in [0.29, 0.717) is 0 Å². The average Bonchev–Trinajstić information content (AvgIpc) is 2.09. The number of carbonyl (C=O) groups excluding carboxylic acids is 1. The molecule has 70 valence electrons. The number of alkyl halides is 1. The first kappa shape index (κ1) is 9.01. The van der Waals surface area contributed by atoms with Gasteiger partial charge in [0.2, 0.25) is 0 Å². The van der Waals surface area contributed by atoms with Crippen LogP contribution in [0, 0.1) is 11.3 Å². The second-order valence-corrected chi connectivity index (χ2v) is 4.79. The predicted molar refractivity (Wildman–Crippen MR) is 53.8 cm³/mol. The van der Waals surface area contributed by atoms with Crippen LogP contribution in [0.4, 0.5) is 0 Å². The van der Waals surface area contributed by atoms with Crippen molar-refractivity contribution in [3.63, 3.8) is 0 Å². The van der Waals surface area contributed by atoms with Crippen LogP contribution in [0.25, 0.3) is 0 Å². The molecule has 1 fully saturated rings. The maximum Gasteiger partial charge on any atom is 0.152 e. The van der Waals surface area contributed by atoms with Crippen LogP contribution >= 0.6 is 11.6 Å². The minimum Gasteiger partial charge on any atom is -0.298 e. The summed E-state index contributed by atoms with van der Waals surface area (Å²) in [7, 11) is 0. The Labute approximate surface area is 83.5 Å². The maximum atomic E-state index is 11.7. The van der Waals surface area contributed by atoms with Crippen molar-refractivity contribution in [2.45, 2.75) is 26.1 Å². The summed E-state index contributed by atoms with van der Waals surface area (Å²) >= 11 is 6.19. The number of carbonyl (C=O) groups is 1. The molecule has 0 aromatic carbocycles. The van der Waals surface area contributed by atoms with Crippen LogP contribution in [0.2, 0.25) is 0 Å². The van der Waals surface area contributed by atoms with Crippen molar-refractivity contribution in [2.75, 3.05) is 0 Å². The fourth-order valence-corrected chi connectivity index (χ4v) is 2.60. The number of ketones is 1. The van der Waals surface area contributed by atoms with Gasteiger partial charge in [0.05, 0.1) is 16.7 Å². The van der Waals surface area contributed by atoms with Gasteiger partial charge in [-0.25, -0.2) is 0 Å². The molecule has 0 aromatic heterocycles. The van der Waals surface area contributed by atoms with Crippen LogP contribution in [0.1, 0.15) is 20.8 Å². The van der Waals surface area contributed by atoms with Gasteiger partial charge in [-0.3, -0.25) is 4.79 Å². The normalized spacial score (nSPS) is 41.8. The van der Waals surface area contributed by atoms with Gasteiger partial charge in [0.1, 0.15) is 0 Å². The van der Waals surface area contributed by atoms with Gasteiger partial charge in [-0.15, -0.1) is 11.6 Å². The summed E-state index contributed by atoms with van der Waals surface area (Å²) < 4.78 is 0. The number of fused-ring (bicyclic) bond motifs is 1. The Morgan fingerprint density at radius 3 is 2.54 bits per heavy atom. The standard InChI is InChI=1S/C11H13ClO/c1-6(2)7-4-5-11(3)9(12)8(7)10(11)13/h4-5,8-9H,1-3H3. The summed E-state index contributed by atoms with van der Waals surface area (Å²) in [4.78, 5) is 11.7. The van der Waals surface area contributed by atoms with E-state index in [4.69, 9.17) is 11.6 Å². The molecule has 0 saturated heterocycles. The molecule has 0 heterocycles. The zero-order valence-corrected chi connectivity index (χ0v) is 8.85. The lowest BCUT2D eigenvalue weighted by atomic mass is 9.55.